The largest absolute Gasteiger partial charge is 0.481 e. The summed E-state index contributed by atoms with van der Waals surface area (Å²) in [4.78, 5) is 17.4. The molecule has 1 atom stereocenters. The summed E-state index contributed by atoms with van der Waals surface area (Å²) in [5.41, 5.74) is 0. The van der Waals surface area contributed by atoms with Crippen molar-refractivity contribution in [1.29, 1.82) is 0 Å². The van der Waals surface area contributed by atoms with Gasteiger partial charge in [0.25, 0.3) is 5.97 Å². The van der Waals surface area contributed by atoms with Gasteiger partial charge in [-0.05, 0) is 6.92 Å². The molecule has 5 nitrogen and oxygen atoms in total. The monoisotopic (exact) mass is 184 g/mol. The van der Waals surface area contributed by atoms with Crippen molar-refractivity contribution in [2.45, 2.75) is 13.8 Å². The fourth-order valence-electron chi connectivity index (χ4n) is 0.240. The van der Waals surface area contributed by atoms with E-state index in [2.05, 4.69) is 4.52 Å². The number of hydrogen-bond donors (Lipinski definition) is 2. The first-order valence-electron chi connectivity index (χ1n) is 2.94. The maximum Gasteiger partial charge on any atom is 0.325 e. The molecule has 0 aliphatic carbocycles. The molecule has 0 fully saturated rings. The minimum absolute atomic E-state index is 0.296. The Kier molecular flexibility index (Phi) is 7.62. The predicted molar refractivity (Wildman–Crippen MR) is 40.7 cm³/mol. The van der Waals surface area contributed by atoms with Crippen molar-refractivity contribution in [2.75, 3.05) is 13.3 Å². The Hall–Kier alpha value is -0.380. The van der Waals surface area contributed by atoms with Crippen molar-refractivity contribution in [3.63, 3.8) is 0 Å². The van der Waals surface area contributed by atoms with Gasteiger partial charge in [0.05, 0.1) is 6.61 Å². The number of carboxylic acids is 1. The molecule has 0 aliphatic rings. The molecule has 0 aromatic carbocycles. The molecule has 6 heteroatoms. The number of carbonyl (C=O) groups is 1. The first kappa shape index (κ1) is 13.2. The summed E-state index contributed by atoms with van der Waals surface area (Å²) >= 11 is 0. The Labute approximate surface area is 65.5 Å². The van der Waals surface area contributed by atoms with Crippen molar-refractivity contribution < 1.29 is 23.9 Å². The number of carboxylic acid groups (broad SMARTS) is 1. The van der Waals surface area contributed by atoms with Gasteiger partial charge in [-0.15, -0.1) is 0 Å². The normalized spacial score (nSPS) is 14.2. The Balaban J connectivity index is 0. The molecule has 0 aromatic heterocycles. The second-order valence-corrected chi connectivity index (χ2v) is 3.60. The molecule has 0 radical (unpaired) electrons. The average molecular weight is 184 g/mol. The van der Waals surface area contributed by atoms with Crippen LogP contribution in [0, 0.1) is 0 Å². The van der Waals surface area contributed by atoms with Crippen LogP contribution >= 0.6 is 7.60 Å². The van der Waals surface area contributed by atoms with E-state index in [1.165, 1.54) is 0 Å². The molecular formula is C5H13O5P. The Morgan fingerprint density at radius 2 is 1.91 bits per heavy atom. The molecule has 68 valence electrons. The molecule has 1 unspecified atom stereocenters. The predicted octanol–water partition coefficient (Wildman–Crippen LogP) is 0.929. The third-order valence-corrected chi connectivity index (χ3v) is 1.11. The van der Waals surface area contributed by atoms with Crippen LogP contribution < -0.4 is 0 Å². The maximum absolute atomic E-state index is 10.1. The van der Waals surface area contributed by atoms with Crippen molar-refractivity contribution in [2.24, 2.45) is 0 Å². The second-order valence-electron chi connectivity index (χ2n) is 1.74. The van der Waals surface area contributed by atoms with Crippen LogP contribution in [-0.4, -0.2) is 29.2 Å². The van der Waals surface area contributed by atoms with E-state index < -0.39 is 13.6 Å². The highest BCUT2D eigenvalue weighted by Crippen LogP contribution is 2.35. The van der Waals surface area contributed by atoms with Crippen LogP contribution in [0.5, 0.6) is 0 Å². The van der Waals surface area contributed by atoms with E-state index in [4.69, 9.17) is 14.8 Å². The van der Waals surface area contributed by atoms with Gasteiger partial charge in [-0.3, -0.25) is 9.36 Å². The molecule has 0 heterocycles. The van der Waals surface area contributed by atoms with Crippen LogP contribution in [0.3, 0.4) is 0 Å². The van der Waals surface area contributed by atoms with Gasteiger partial charge in [0.2, 0.25) is 0 Å². The van der Waals surface area contributed by atoms with Gasteiger partial charge in [0.1, 0.15) is 0 Å². The number of hydrogen-bond acceptors (Lipinski definition) is 3. The van der Waals surface area contributed by atoms with E-state index in [0.717, 1.165) is 13.6 Å². The molecule has 0 spiro atoms. The van der Waals surface area contributed by atoms with Crippen LogP contribution in [0.2, 0.25) is 0 Å². The SMILES string of the molecule is CC(=O)O.CCOP(C)(=O)O. The standard InChI is InChI=1S/C3H9O3P.C2H4O2/c1-3-6-7(2,4)5;1-2(3)4/h3H2,1-2H3,(H,4,5);1H3,(H,3,4). The van der Waals surface area contributed by atoms with Gasteiger partial charge in [-0.1, -0.05) is 0 Å². The molecule has 2 N–H and O–H groups in total. The van der Waals surface area contributed by atoms with Gasteiger partial charge in [0, 0.05) is 13.6 Å². The van der Waals surface area contributed by atoms with E-state index in [0.29, 0.717) is 6.61 Å². The van der Waals surface area contributed by atoms with Crippen LogP contribution in [-0.2, 0) is 13.9 Å². The molecular weight excluding hydrogens is 171 g/mol. The summed E-state index contributed by atoms with van der Waals surface area (Å²) in [6.07, 6.45) is 0. The van der Waals surface area contributed by atoms with Crippen LogP contribution in [0.15, 0.2) is 0 Å². The summed E-state index contributed by atoms with van der Waals surface area (Å²) in [6, 6.07) is 0. The van der Waals surface area contributed by atoms with Gasteiger partial charge >= 0.3 is 7.60 Å². The maximum atomic E-state index is 10.1. The minimum Gasteiger partial charge on any atom is -0.481 e. The average Bonchev–Trinajstić information content (AvgIpc) is 1.58. The topological polar surface area (TPSA) is 83.8 Å². The summed E-state index contributed by atoms with van der Waals surface area (Å²) in [6.45, 7) is 4.22. The summed E-state index contributed by atoms with van der Waals surface area (Å²) in [7, 11) is -3.17. The number of aliphatic carboxylic acids is 1. The summed E-state index contributed by atoms with van der Waals surface area (Å²) in [5.74, 6) is -0.833. The fraction of sp³-hybridized carbons (Fsp3) is 0.800. The Morgan fingerprint density at radius 1 is 1.64 bits per heavy atom. The van der Waals surface area contributed by atoms with Crippen molar-refractivity contribution in [3.8, 4) is 0 Å². The highest BCUT2D eigenvalue weighted by atomic mass is 31.2. The van der Waals surface area contributed by atoms with E-state index >= 15 is 0 Å². The lowest BCUT2D eigenvalue weighted by molar-refractivity contribution is -0.134. The lowest BCUT2D eigenvalue weighted by Gasteiger charge is -2.00. The first-order valence-corrected chi connectivity index (χ1v) is 4.96. The van der Waals surface area contributed by atoms with Crippen LogP contribution in [0.4, 0.5) is 0 Å². The van der Waals surface area contributed by atoms with Crippen molar-refractivity contribution in [3.05, 3.63) is 0 Å². The Bertz CT molecular complexity index is 145. The van der Waals surface area contributed by atoms with Gasteiger partial charge in [0.15, 0.2) is 0 Å². The third kappa shape index (κ3) is 42.6. The summed E-state index contributed by atoms with van der Waals surface area (Å²) in [5, 5.41) is 7.42. The lowest BCUT2D eigenvalue weighted by atomic mass is 10.9. The molecule has 0 saturated carbocycles. The number of rotatable bonds is 2. The molecule has 0 amide bonds. The smallest absolute Gasteiger partial charge is 0.325 e. The van der Waals surface area contributed by atoms with Crippen LogP contribution in [0.1, 0.15) is 13.8 Å². The molecule has 0 aromatic rings. The van der Waals surface area contributed by atoms with Gasteiger partial charge < -0.3 is 14.5 Å². The molecule has 0 rings (SSSR count). The first-order chi connectivity index (χ1) is 4.79. The van der Waals surface area contributed by atoms with E-state index in [1.807, 2.05) is 0 Å². The second kappa shape index (κ2) is 6.34. The van der Waals surface area contributed by atoms with Gasteiger partial charge in [-0.2, -0.15) is 0 Å². The van der Waals surface area contributed by atoms with Crippen molar-refractivity contribution in [1.82, 2.24) is 0 Å². The zero-order chi connectivity index (χ0) is 9.49. The molecule has 0 aliphatic heterocycles. The third-order valence-electron chi connectivity index (χ3n) is 0.369. The van der Waals surface area contributed by atoms with E-state index in [-0.39, 0.29) is 0 Å². The lowest BCUT2D eigenvalue weighted by Crippen LogP contribution is -1.83. The molecule has 0 bridgehead atoms. The van der Waals surface area contributed by atoms with E-state index in [9.17, 15) is 4.57 Å². The quantitative estimate of drug-likeness (QED) is 0.623. The Morgan fingerprint density at radius 3 is 1.91 bits per heavy atom. The van der Waals surface area contributed by atoms with Crippen LogP contribution in [0.25, 0.3) is 0 Å². The zero-order valence-corrected chi connectivity index (χ0v) is 7.67. The summed E-state index contributed by atoms with van der Waals surface area (Å²) < 4.78 is 14.5. The minimum atomic E-state index is -3.17. The van der Waals surface area contributed by atoms with Crippen molar-refractivity contribution >= 4 is 13.6 Å². The van der Waals surface area contributed by atoms with Gasteiger partial charge in [-0.25, -0.2) is 0 Å². The molecule has 11 heavy (non-hydrogen) atoms. The highest BCUT2D eigenvalue weighted by Gasteiger charge is 2.05. The molecule has 0 saturated heterocycles. The highest BCUT2D eigenvalue weighted by molar-refractivity contribution is 7.51. The zero-order valence-electron chi connectivity index (χ0n) is 6.77. The van der Waals surface area contributed by atoms with E-state index in [1.54, 1.807) is 6.92 Å². The fourth-order valence-corrected chi connectivity index (χ4v) is 0.719.